The van der Waals surface area contributed by atoms with Crippen LogP contribution in [0.2, 0.25) is 5.02 Å². The molecule has 0 aliphatic carbocycles. The summed E-state index contributed by atoms with van der Waals surface area (Å²) in [6, 6.07) is 18.9. The van der Waals surface area contributed by atoms with E-state index in [4.69, 9.17) is 25.5 Å². The number of allylic oxidation sites excluding steroid dienone is 1. The minimum Gasteiger partial charge on any atom is -0.494 e. The highest BCUT2D eigenvalue weighted by Gasteiger charge is 2.21. The molecule has 0 aliphatic rings. The van der Waals surface area contributed by atoms with Crippen LogP contribution in [-0.2, 0) is 0 Å². The molecule has 0 saturated carbocycles. The summed E-state index contributed by atoms with van der Waals surface area (Å²) in [6.45, 7) is 4.14. The van der Waals surface area contributed by atoms with Gasteiger partial charge in [-0.25, -0.2) is 4.79 Å². The highest BCUT2D eigenvalue weighted by Crippen LogP contribution is 2.30. The zero-order valence-corrected chi connectivity index (χ0v) is 18.9. The van der Waals surface area contributed by atoms with Crippen molar-refractivity contribution in [3.05, 3.63) is 100 Å². The van der Waals surface area contributed by atoms with Gasteiger partial charge < -0.3 is 13.9 Å². The highest BCUT2D eigenvalue weighted by molar-refractivity contribution is 6.30. The van der Waals surface area contributed by atoms with Crippen molar-refractivity contribution in [2.45, 2.75) is 13.8 Å². The molecule has 0 N–H and O–H groups in total. The Morgan fingerprint density at radius 2 is 1.67 bits per heavy atom. The molecule has 1 heterocycles. The van der Waals surface area contributed by atoms with Crippen molar-refractivity contribution in [1.82, 2.24) is 0 Å². The molecule has 0 fully saturated rings. The maximum absolute atomic E-state index is 12.9. The second-order valence-corrected chi connectivity index (χ2v) is 7.72. The average Bonchev–Trinajstić information content (AvgIpc) is 3.14. The first-order chi connectivity index (χ1) is 15.9. The van der Waals surface area contributed by atoms with E-state index in [1.54, 1.807) is 79.7 Å². The molecule has 0 unspecified atom stereocenters. The van der Waals surface area contributed by atoms with Gasteiger partial charge in [0.15, 0.2) is 5.78 Å². The average molecular weight is 461 g/mol. The number of furan rings is 1. The number of rotatable bonds is 7. The van der Waals surface area contributed by atoms with Crippen LogP contribution in [0.1, 0.15) is 39.0 Å². The third kappa shape index (κ3) is 5.16. The number of hydrogen-bond acceptors (Lipinski definition) is 5. The van der Waals surface area contributed by atoms with E-state index in [9.17, 15) is 9.59 Å². The van der Waals surface area contributed by atoms with Crippen molar-refractivity contribution in [1.29, 1.82) is 0 Å². The second-order valence-electron chi connectivity index (χ2n) is 7.29. The van der Waals surface area contributed by atoms with Gasteiger partial charge in [0.25, 0.3) is 0 Å². The Morgan fingerprint density at radius 1 is 0.970 bits per heavy atom. The minimum atomic E-state index is -0.513. The molecule has 0 saturated heterocycles. The van der Waals surface area contributed by atoms with Gasteiger partial charge in [-0.1, -0.05) is 29.8 Å². The molecule has 4 rings (SSSR count). The fourth-order valence-corrected chi connectivity index (χ4v) is 3.52. The van der Waals surface area contributed by atoms with E-state index < -0.39 is 5.97 Å². The molecule has 0 amide bonds. The summed E-state index contributed by atoms with van der Waals surface area (Å²) in [7, 11) is 0. The fraction of sp³-hybridized carbons (Fsp3) is 0.111. The molecule has 0 atom stereocenters. The smallest absolute Gasteiger partial charge is 0.347 e. The van der Waals surface area contributed by atoms with Gasteiger partial charge in [-0.3, -0.25) is 4.79 Å². The molecule has 4 aromatic rings. The molecule has 3 aromatic carbocycles. The van der Waals surface area contributed by atoms with Crippen LogP contribution < -0.4 is 9.47 Å². The molecule has 1 aromatic heterocycles. The van der Waals surface area contributed by atoms with Crippen LogP contribution in [0.3, 0.4) is 0 Å². The number of aryl methyl sites for hydroxylation is 1. The van der Waals surface area contributed by atoms with E-state index in [1.807, 2.05) is 6.92 Å². The normalized spacial score (nSPS) is 11.1. The molecular formula is C27H21ClO5. The van der Waals surface area contributed by atoms with Crippen molar-refractivity contribution < 1.29 is 23.5 Å². The van der Waals surface area contributed by atoms with Gasteiger partial charge in [0.05, 0.1) is 6.61 Å². The molecule has 0 spiro atoms. The summed E-state index contributed by atoms with van der Waals surface area (Å²) < 4.78 is 16.8. The highest BCUT2D eigenvalue weighted by atomic mass is 35.5. The lowest BCUT2D eigenvalue weighted by Gasteiger charge is -2.05. The summed E-state index contributed by atoms with van der Waals surface area (Å²) in [5.74, 6) is 0.876. The van der Waals surface area contributed by atoms with E-state index in [1.165, 1.54) is 6.08 Å². The molecule has 0 aliphatic heterocycles. The van der Waals surface area contributed by atoms with Crippen LogP contribution in [0.5, 0.6) is 11.5 Å². The molecule has 5 nitrogen and oxygen atoms in total. The number of halogens is 1. The number of hydrogen-bond donors (Lipinski definition) is 0. The molecule has 6 heteroatoms. The van der Waals surface area contributed by atoms with Crippen LogP contribution >= 0.6 is 11.6 Å². The van der Waals surface area contributed by atoms with Crippen molar-refractivity contribution in [2.75, 3.05) is 6.61 Å². The third-order valence-corrected chi connectivity index (χ3v) is 5.25. The Hall–Kier alpha value is -3.83. The van der Waals surface area contributed by atoms with Gasteiger partial charge in [-0.15, -0.1) is 0 Å². The fourth-order valence-electron chi connectivity index (χ4n) is 3.40. The summed E-state index contributed by atoms with van der Waals surface area (Å²) in [6.07, 6.45) is 3.19. The van der Waals surface area contributed by atoms with Crippen molar-refractivity contribution >= 4 is 40.4 Å². The van der Waals surface area contributed by atoms with E-state index >= 15 is 0 Å². The maximum atomic E-state index is 12.9. The number of fused-ring (bicyclic) bond motifs is 1. The summed E-state index contributed by atoms with van der Waals surface area (Å²) >= 11 is 5.85. The molecule has 0 bridgehead atoms. The van der Waals surface area contributed by atoms with Crippen molar-refractivity contribution in [2.24, 2.45) is 0 Å². The molecular weight excluding hydrogens is 440 g/mol. The van der Waals surface area contributed by atoms with Crippen LogP contribution in [0.4, 0.5) is 0 Å². The van der Waals surface area contributed by atoms with Gasteiger partial charge in [0.2, 0.25) is 0 Å². The van der Waals surface area contributed by atoms with Gasteiger partial charge in [-0.2, -0.15) is 0 Å². The van der Waals surface area contributed by atoms with Crippen molar-refractivity contribution in [3.8, 4) is 11.5 Å². The van der Waals surface area contributed by atoms with Gasteiger partial charge in [0, 0.05) is 16.0 Å². The van der Waals surface area contributed by atoms with E-state index in [0.717, 1.165) is 5.56 Å². The Labute approximate surface area is 196 Å². The second kappa shape index (κ2) is 9.76. The first kappa shape index (κ1) is 22.4. The number of carbonyl (C=O) groups excluding carboxylic acids is 2. The summed E-state index contributed by atoms with van der Waals surface area (Å²) in [4.78, 5) is 25.1. The maximum Gasteiger partial charge on any atom is 0.347 e. The summed E-state index contributed by atoms with van der Waals surface area (Å²) in [5.41, 5.74) is 2.30. The molecule has 33 heavy (non-hydrogen) atoms. The Morgan fingerprint density at radius 3 is 2.36 bits per heavy atom. The first-order valence-electron chi connectivity index (χ1n) is 10.4. The zero-order chi connectivity index (χ0) is 23.4. The Kier molecular flexibility index (Phi) is 6.61. The monoisotopic (exact) mass is 460 g/mol. The minimum absolute atomic E-state index is 0.129. The largest absolute Gasteiger partial charge is 0.494 e. The number of ketones is 1. The van der Waals surface area contributed by atoms with E-state index in [0.29, 0.717) is 51.0 Å². The van der Waals surface area contributed by atoms with E-state index in [2.05, 4.69) is 0 Å². The van der Waals surface area contributed by atoms with Crippen LogP contribution in [0.15, 0.2) is 77.2 Å². The number of ether oxygens (including phenoxy) is 2. The van der Waals surface area contributed by atoms with E-state index in [-0.39, 0.29) is 5.78 Å². The van der Waals surface area contributed by atoms with Crippen LogP contribution in [0, 0.1) is 6.92 Å². The first-order valence-corrected chi connectivity index (χ1v) is 10.8. The third-order valence-electron chi connectivity index (χ3n) is 5.00. The molecule has 0 radical (unpaired) electrons. The quantitative estimate of drug-likeness (QED) is 0.130. The zero-order valence-electron chi connectivity index (χ0n) is 18.1. The number of benzene rings is 3. The lowest BCUT2D eigenvalue weighted by Crippen LogP contribution is -2.09. The van der Waals surface area contributed by atoms with Gasteiger partial charge >= 0.3 is 5.97 Å². The predicted octanol–water partition coefficient (Wildman–Crippen LogP) is 6.91. The van der Waals surface area contributed by atoms with Crippen LogP contribution in [0.25, 0.3) is 17.0 Å². The number of carbonyl (C=O) groups is 2. The SMILES string of the molecule is CCOc1ccc2oc(C)c(C(=O)Oc3ccc(/C=C/C(=O)c4ccc(Cl)cc4)cc3)c2c1. The Bertz CT molecular complexity index is 1330. The Balaban J connectivity index is 1.47. The lowest BCUT2D eigenvalue weighted by molar-refractivity contribution is 0.0734. The summed E-state index contributed by atoms with van der Waals surface area (Å²) in [5, 5.41) is 1.22. The van der Waals surface area contributed by atoms with Gasteiger partial charge in [0.1, 0.15) is 28.4 Å². The standard InChI is InChI=1S/C27H21ClO5/c1-3-31-22-13-15-25-23(16-22)26(17(2)32-25)27(30)33-21-11-4-18(5-12-21)6-14-24(29)19-7-9-20(28)10-8-19/h4-16H,3H2,1-2H3/b14-6+. The molecule has 166 valence electrons. The van der Waals surface area contributed by atoms with Gasteiger partial charge in [-0.05, 0) is 80.1 Å². The van der Waals surface area contributed by atoms with Crippen molar-refractivity contribution in [3.63, 3.8) is 0 Å². The number of esters is 1. The van der Waals surface area contributed by atoms with Crippen LogP contribution in [-0.4, -0.2) is 18.4 Å². The predicted molar refractivity (Wildman–Crippen MR) is 128 cm³/mol. The topological polar surface area (TPSA) is 65.7 Å². The lowest BCUT2D eigenvalue weighted by atomic mass is 10.1.